The molecule has 0 aromatic heterocycles. The van der Waals surface area contributed by atoms with E-state index in [-0.39, 0.29) is 12.0 Å². The van der Waals surface area contributed by atoms with E-state index in [1.807, 2.05) is 13.8 Å². The SMILES string of the molecule is CCC(C)C(C)(C)C[O]. The third-order valence-electron chi connectivity index (χ3n) is 2.32. The van der Waals surface area contributed by atoms with Gasteiger partial charge in [-0.15, -0.1) is 0 Å². The van der Waals surface area contributed by atoms with Gasteiger partial charge >= 0.3 is 0 Å². The summed E-state index contributed by atoms with van der Waals surface area (Å²) in [5, 5.41) is 10.6. The minimum absolute atomic E-state index is 0.00521. The number of rotatable bonds is 3. The molecule has 0 aromatic rings. The molecule has 1 unspecified atom stereocenters. The first-order chi connectivity index (χ1) is 4.04. The van der Waals surface area contributed by atoms with Crippen LogP contribution >= 0.6 is 0 Å². The van der Waals surface area contributed by atoms with Crippen LogP contribution in [0.15, 0.2) is 0 Å². The molecule has 1 atom stereocenters. The van der Waals surface area contributed by atoms with Gasteiger partial charge in [-0.2, -0.15) is 0 Å². The molecule has 0 aliphatic carbocycles. The van der Waals surface area contributed by atoms with Gasteiger partial charge in [0.1, 0.15) is 0 Å². The molecule has 0 fully saturated rings. The summed E-state index contributed by atoms with van der Waals surface area (Å²) >= 11 is 0. The van der Waals surface area contributed by atoms with Crippen molar-refractivity contribution >= 4 is 0 Å². The maximum atomic E-state index is 10.6. The molecule has 9 heavy (non-hydrogen) atoms. The molecule has 0 saturated heterocycles. The quantitative estimate of drug-likeness (QED) is 0.558. The average molecular weight is 129 g/mol. The molecular formula is C8H17O. The van der Waals surface area contributed by atoms with Crippen molar-refractivity contribution in [3.05, 3.63) is 0 Å². The number of hydrogen-bond donors (Lipinski definition) is 0. The van der Waals surface area contributed by atoms with Crippen LogP contribution in [0.2, 0.25) is 0 Å². The van der Waals surface area contributed by atoms with Gasteiger partial charge in [0, 0.05) is 0 Å². The fourth-order valence-electron chi connectivity index (χ4n) is 0.695. The standard InChI is InChI=1S/C8H17O/c1-5-7(2)8(3,4)6-9/h7H,5-6H2,1-4H3. The van der Waals surface area contributed by atoms with Crippen molar-refractivity contribution in [3.63, 3.8) is 0 Å². The Morgan fingerprint density at radius 2 is 1.89 bits per heavy atom. The molecule has 0 rings (SSSR count). The smallest absolute Gasteiger partial charge is 0.0875 e. The average Bonchev–Trinajstić information content (AvgIpc) is 1.86. The van der Waals surface area contributed by atoms with Crippen LogP contribution in [0.3, 0.4) is 0 Å². The summed E-state index contributed by atoms with van der Waals surface area (Å²) in [6.45, 7) is 8.38. The molecular weight excluding hydrogens is 112 g/mol. The van der Waals surface area contributed by atoms with E-state index in [4.69, 9.17) is 0 Å². The summed E-state index contributed by atoms with van der Waals surface area (Å²) in [4.78, 5) is 0. The van der Waals surface area contributed by atoms with E-state index in [1.54, 1.807) is 0 Å². The molecule has 0 saturated carbocycles. The molecule has 1 nitrogen and oxygen atoms in total. The van der Waals surface area contributed by atoms with E-state index in [9.17, 15) is 5.11 Å². The van der Waals surface area contributed by atoms with E-state index in [0.29, 0.717) is 5.92 Å². The minimum atomic E-state index is -0.00521. The van der Waals surface area contributed by atoms with Gasteiger partial charge in [-0.05, 0) is 11.3 Å². The van der Waals surface area contributed by atoms with Crippen LogP contribution in [-0.4, -0.2) is 6.61 Å². The molecule has 0 N–H and O–H groups in total. The highest BCUT2D eigenvalue weighted by atomic mass is 16.3. The van der Waals surface area contributed by atoms with Gasteiger partial charge in [0.05, 0.1) is 6.61 Å². The first kappa shape index (κ1) is 8.96. The van der Waals surface area contributed by atoms with Crippen LogP contribution < -0.4 is 0 Å². The van der Waals surface area contributed by atoms with Gasteiger partial charge in [-0.1, -0.05) is 34.1 Å². The van der Waals surface area contributed by atoms with Crippen molar-refractivity contribution < 1.29 is 5.11 Å². The normalized spacial score (nSPS) is 15.7. The first-order valence-electron chi connectivity index (χ1n) is 3.62. The molecule has 1 heteroatoms. The lowest BCUT2D eigenvalue weighted by molar-refractivity contribution is 0.0532. The van der Waals surface area contributed by atoms with Crippen molar-refractivity contribution in [2.24, 2.45) is 11.3 Å². The summed E-state index contributed by atoms with van der Waals surface area (Å²) in [6, 6.07) is 0. The Bertz CT molecular complexity index is 76.6. The first-order valence-corrected chi connectivity index (χ1v) is 3.62. The molecule has 55 valence electrons. The summed E-state index contributed by atoms with van der Waals surface area (Å²) in [7, 11) is 0. The highest BCUT2D eigenvalue weighted by Crippen LogP contribution is 2.27. The topological polar surface area (TPSA) is 19.9 Å². The van der Waals surface area contributed by atoms with Crippen LogP contribution in [0.5, 0.6) is 0 Å². The van der Waals surface area contributed by atoms with Crippen LogP contribution in [0.1, 0.15) is 34.1 Å². The molecule has 0 aliphatic heterocycles. The summed E-state index contributed by atoms with van der Waals surface area (Å²) < 4.78 is 0. The minimum Gasteiger partial charge on any atom is -0.236 e. The molecule has 0 aromatic carbocycles. The Kier molecular flexibility index (Phi) is 3.20. The Morgan fingerprint density at radius 3 is 2.00 bits per heavy atom. The zero-order valence-corrected chi connectivity index (χ0v) is 6.90. The molecule has 0 amide bonds. The van der Waals surface area contributed by atoms with Crippen molar-refractivity contribution in [1.29, 1.82) is 0 Å². The number of hydrogen-bond acceptors (Lipinski definition) is 0. The Balaban J connectivity index is 3.80. The van der Waals surface area contributed by atoms with Gasteiger partial charge in [-0.3, -0.25) is 0 Å². The molecule has 1 radical (unpaired) electrons. The summed E-state index contributed by atoms with van der Waals surface area (Å²) in [5.41, 5.74) is -0.00521. The second-order valence-electron chi connectivity index (χ2n) is 3.44. The maximum Gasteiger partial charge on any atom is 0.0875 e. The largest absolute Gasteiger partial charge is 0.236 e. The second kappa shape index (κ2) is 3.21. The highest BCUT2D eigenvalue weighted by molar-refractivity contribution is 4.72. The Labute approximate surface area is 58.1 Å². The van der Waals surface area contributed by atoms with E-state index in [2.05, 4.69) is 13.8 Å². The van der Waals surface area contributed by atoms with Crippen LogP contribution in [0, 0.1) is 11.3 Å². The summed E-state index contributed by atoms with van der Waals surface area (Å²) in [5.74, 6) is 0.551. The lowest BCUT2D eigenvalue weighted by Crippen LogP contribution is -2.24. The van der Waals surface area contributed by atoms with Crippen molar-refractivity contribution in [3.8, 4) is 0 Å². The summed E-state index contributed by atoms with van der Waals surface area (Å²) in [6.07, 6.45) is 1.11. The lowest BCUT2D eigenvalue weighted by atomic mass is 9.79. The molecule has 0 spiro atoms. The van der Waals surface area contributed by atoms with Gasteiger partial charge in [0.15, 0.2) is 0 Å². The van der Waals surface area contributed by atoms with Crippen LogP contribution in [0.4, 0.5) is 0 Å². The molecule has 0 bridgehead atoms. The third-order valence-corrected chi connectivity index (χ3v) is 2.32. The predicted octanol–water partition coefficient (Wildman–Crippen LogP) is 2.49. The van der Waals surface area contributed by atoms with Crippen LogP contribution in [-0.2, 0) is 5.11 Å². The Morgan fingerprint density at radius 1 is 1.44 bits per heavy atom. The zero-order valence-electron chi connectivity index (χ0n) is 6.90. The van der Waals surface area contributed by atoms with Crippen LogP contribution in [0.25, 0.3) is 0 Å². The fraction of sp³-hybridized carbons (Fsp3) is 1.00. The monoisotopic (exact) mass is 129 g/mol. The van der Waals surface area contributed by atoms with E-state index in [0.717, 1.165) is 6.42 Å². The third kappa shape index (κ3) is 2.35. The van der Waals surface area contributed by atoms with E-state index >= 15 is 0 Å². The van der Waals surface area contributed by atoms with E-state index < -0.39 is 0 Å². The second-order valence-corrected chi connectivity index (χ2v) is 3.44. The van der Waals surface area contributed by atoms with Gasteiger partial charge in [0.2, 0.25) is 0 Å². The maximum absolute atomic E-state index is 10.6. The Hall–Kier alpha value is -0.0400. The molecule has 0 heterocycles. The molecule has 0 aliphatic rings. The lowest BCUT2D eigenvalue weighted by Gasteiger charge is -2.27. The van der Waals surface area contributed by atoms with Gasteiger partial charge < -0.3 is 0 Å². The van der Waals surface area contributed by atoms with E-state index in [1.165, 1.54) is 0 Å². The van der Waals surface area contributed by atoms with Gasteiger partial charge in [-0.25, -0.2) is 5.11 Å². The van der Waals surface area contributed by atoms with Crippen molar-refractivity contribution in [2.75, 3.05) is 6.61 Å². The fourth-order valence-corrected chi connectivity index (χ4v) is 0.695. The predicted molar refractivity (Wildman–Crippen MR) is 38.8 cm³/mol. The highest BCUT2D eigenvalue weighted by Gasteiger charge is 2.23. The zero-order chi connectivity index (χ0) is 7.49. The van der Waals surface area contributed by atoms with Gasteiger partial charge in [0.25, 0.3) is 0 Å². The van der Waals surface area contributed by atoms with Crippen molar-refractivity contribution in [1.82, 2.24) is 0 Å². The van der Waals surface area contributed by atoms with Crippen molar-refractivity contribution in [2.45, 2.75) is 34.1 Å².